The Bertz CT molecular complexity index is 72.1. The zero-order chi connectivity index (χ0) is 5.91. The van der Waals surface area contributed by atoms with E-state index in [1.807, 2.05) is 0 Å². The Morgan fingerprint density at radius 2 is 2.14 bits per heavy atom. The lowest BCUT2D eigenvalue weighted by molar-refractivity contribution is -0.109. The van der Waals surface area contributed by atoms with Crippen molar-refractivity contribution in [3.63, 3.8) is 0 Å². The molecule has 0 bridgehead atoms. The SMILES string of the molecule is CC(C)(C=O)SCl. The van der Waals surface area contributed by atoms with Crippen LogP contribution in [0.1, 0.15) is 13.8 Å². The van der Waals surface area contributed by atoms with Gasteiger partial charge in [0, 0.05) is 0 Å². The molecule has 0 rings (SSSR count). The summed E-state index contributed by atoms with van der Waals surface area (Å²) >= 11 is 0. The third-order valence-corrected chi connectivity index (χ3v) is 2.17. The molecule has 0 fully saturated rings. The Kier molecular flexibility index (Phi) is 2.69. The molecule has 7 heavy (non-hydrogen) atoms. The van der Waals surface area contributed by atoms with Crippen LogP contribution in [0.4, 0.5) is 0 Å². The number of hydrogen-bond donors (Lipinski definition) is 0. The molecule has 3 heteroatoms. The molecule has 0 atom stereocenters. The molecule has 0 heterocycles. The number of rotatable bonds is 2. The van der Waals surface area contributed by atoms with Crippen LogP contribution in [0.25, 0.3) is 0 Å². The number of halogens is 1. The lowest BCUT2D eigenvalue weighted by Gasteiger charge is -2.07. The number of hydrogen-bond acceptors (Lipinski definition) is 2. The van der Waals surface area contributed by atoms with Crippen molar-refractivity contribution in [2.45, 2.75) is 18.6 Å². The maximum absolute atomic E-state index is 9.95. The lowest BCUT2D eigenvalue weighted by Crippen LogP contribution is -2.13. The molecule has 0 aromatic carbocycles. The van der Waals surface area contributed by atoms with E-state index in [2.05, 4.69) is 0 Å². The van der Waals surface area contributed by atoms with Crippen molar-refractivity contribution >= 4 is 27.9 Å². The Balaban J connectivity index is 3.58. The standard InChI is InChI=1S/C4H7ClOS/c1-4(2,3-6)7-5/h3H,1-2H3. The molecular weight excluding hydrogens is 132 g/mol. The molecule has 0 unspecified atom stereocenters. The van der Waals surface area contributed by atoms with Crippen LogP contribution in [0.2, 0.25) is 0 Å². The second kappa shape index (κ2) is 2.58. The van der Waals surface area contributed by atoms with Gasteiger partial charge in [-0.25, -0.2) is 0 Å². The average molecular weight is 139 g/mol. The Morgan fingerprint density at radius 1 is 1.71 bits per heavy atom. The van der Waals surface area contributed by atoms with Crippen LogP contribution in [0.15, 0.2) is 0 Å². The maximum Gasteiger partial charge on any atom is 0.136 e. The summed E-state index contributed by atoms with van der Waals surface area (Å²) in [5.41, 5.74) is 0. The van der Waals surface area contributed by atoms with E-state index in [0.29, 0.717) is 0 Å². The normalized spacial score (nSPS) is 11.3. The predicted molar refractivity (Wildman–Crippen MR) is 33.6 cm³/mol. The summed E-state index contributed by atoms with van der Waals surface area (Å²) in [4.78, 5) is 9.95. The molecule has 1 nitrogen and oxygen atoms in total. The van der Waals surface area contributed by atoms with Crippen LogP contribution < -0.4 is 0 Å². The molecule has 0 spiro atoms. The Labute approximate surface area is 51.9 Å². The largest absolute Gasteiger partial charge is 0.302 e. The third kappa shape index (κ3) is 2.94. The van der Waals surface area contributed by atoms with Crippen molar-refractivity contribution in [3.05, 3.63) is 0 Å². The summed E-state index contributed by atoms with van der Waals surface area (Å²) in [6, 6.07) is 0. The van der Waals surface area contributed by atoms with Gasteiger partial charge in [-0.1, -0.05) is 0 Å². The molecule has 0 saturated carbocycles. The van der Waals surface area contributed by atoms with Gasteiger partial charge in [0.05, 0.1) is 4.75 Å². The fraction of sp³-hybridized carbons (Fsp3) is 0.750. The van der Waals surface area contributed by atoms with Gasteiger partial charge in [-0.2, -0.15) is 0 Å². The van der Waals surface area contributed by atoms with Crippen molar-refractivity contribution in [3.8, 4) is 0 Å². The molecule has 42 valence electrons. The number of carbonyl (C=O) groups excluding carboxylic acids is 1. The topological polar surface area (TPSA) is 17.1 Å². The van der Waals surface area contributed by atoms with E-state index in [1.54, 1.807) is 13.8 Å². The summed E-state index contributed by atoms with van der Waals surface area (Å²) in [6.45, 7) is 3.52. The van der Waals surface area contributed by atoms with Gasteiger partial charge in [-0.3, -0.25) is 0 Å². The zero-order valence-corrected chi connectivity index (χ0v) is 5.84. The lowest BCUT2D eigenvalue weighted by atomic mass is 10.2. The van der Waals surface area contributed by atoms with Gasteiger partial charge >= 0.3 is 0 Å². The van der Waals surface area contributed by atoms with Crippen LogP contribution >= 0.6 is 21.7 Å². The van der Waals surface area contributed by atoms with Gasteiger partial charge in [0.2, 0.25) is 0 Å². The van der Waals surface area contributed by atoms with E-state index in [1.165, 1.54) is 0 Å². The fourth-order valence-electron chi connectivity index (χ4n) is 0.0182. The average Bonchev–Trinajstić information content (AvgIpc) is 1.68. The first-order valence-electron chi connectivity index (χ1n) is 1.88. The first-order chi connectivity index (χ1) is 3.12. The molecule has 0 aliphatic carbocycles. The van der Waals surface area contributed by atoms with Crippen LogP contribution in [0.5, 0.6) is 0 Å². The van der Waals surface area contributed by atoms with E-state index in [4.69, 9.17) is 10.7 Å². The molecule has 0 amide bonds. The van der Waals surface area contributed by atoms with Crippen LogP contribution in [-0.4, -0.2) is 11.0 Å². The summed E-state index contributed by atoms with van der Waals surface area (Å²) < 4.78 is -0.415. The number of aldehydes is 1. The molecule has 0 aromatic rings. The molecule has 0 N–H and O–H groups in total. The predicted octanol–water partition coefficient (Wildman–Crippen LogP) is 1.85. The minimum absolute atomic E-state index is 0.415. The molecule has 0 aromatic heterocycles. The van der Waals surface area contributed by atoms with Crippen molar-refractivity contribution in [1.82, 2.24) is 0 Å². The van der Waals surface area contributed by atoms with Crippen molar-refractivity contribution in [2.75, 3.05) is 0 Å². The Hall–Kier alpha value is 0.310. The smallest absolute Gasteiger partial charge is 0.136 e. The van der Waals surface area contributed by atoms with E-state index in [0.717, 1.165) is 17.3 Å². The van der Waals surface area contributed by atoms with E-state index >= 15 is 0 Å². The minimum atomic E-state index is -0.415. The quantitative estimate of drug-likeness (QED) is 0.542. The minimum Gasteiger partial charge on any atom is -0.302 e. The monoisotopic (exact) mass is 138 g/mol. The van der Waals surface area contributed by atoms with E-state index in [-0.39, 0.29) is 0 Å². The number of carbonyl (C=O) groups is 1. The first-order valence-corrected chi connectivity index (χ1v) is 3.53. The van der Waals surface area contributed by atoms with Crippen molar-refractivity contribution < 1.29 is 4.79 Å². The van der Waals surface area contributed by atoms with Crippen LogP contribution in [-0.2, 0) is 4.79 Å². The van der Waals surface area contributed by atoms with Crippen LogP contribution in [0, 0.1) is 0 Å². The summed E-state index contributed by atoms with van der Waals surface area (Å²) in [6.07, 6.45) is 0.824. The highest BCUT2D eigenvalue weighted by atomic mass is 35.7. The highest BCUT2D eigenvalue weighted by Gasteiger charge is 2.14. The molecule has 0 aliphatic rings. The second-order valence-corrected chi connectivity index (χ2v) is 3.47. The first kappa shape index (κ1) is 7.31. The second-order valence-electron chi connectivity index (χ2n) is 1.80. The van der Waals surface area contributed by atoms with Gasteiger partial charge in [-0.05, 0) is 35.5 Å². The zero-order valence-electron chi connectivity index (χ0n) is 4.27. The third-order valence-electron chi connectivity index (χ3n) is 0.483. The van der Waals surface area contributed by atoms with Gasteiger partial charge in [0.25, 0.3) is 0 Å². The molecule has 0 radical (unpaired) electrons. The van der Waals surface area contributed by atoms with E-state index < -0.39 is 4.75 Å². The van der Waals surface area contributed by atoms with Gasteiger partial charge in [-0.15, -0.1) is 0 Å². The highest BCUT2D eigenvalue weighted by molar-refractivity contribution is 8.22. The van der Waals surface area contributed by atoms with Gasteiger partial charge in [0.1, 0.15) is 6.29 Å². The molecule has 0 saturated heterocycles. The Morgan fingerprint density at radius 3 is 2.14 bits per heavy atom. The van der Waals surface area contributed by atoms with Gasteiger partial charge in [0.15, 0.2) is 0 Å². The van der Waals surface area contributed by atoms with E-state index in [9.17, 15) is 4.79 Å². The molecule has 0 aliphatic heterocycles. The van der Waals surface area contributed by atoms with Crippen molar-refractivity contribution in [1.29, 1.82) is 0 Å². The summed E-state index contributed by atoms with van der Waals surface area (Å²) in [5, 5.41) is 0. The maximum atomic E-state index is 9.95. The van der Waals surface area contributed by atoms with Crippen molar-refractivity contribution in [2.24, 2.45) is 0 Å². The van der Waals surface area contributed by atoms with Crippen LogP contribution in [0.3, 0.4) is 0 Å². The highest BCUT2D eigenvalue weighted by Crippen LogP contribution is 2.24. The van der Waals surface area contributed by atoms with Gasteiger partial charge < -0.3 is 4.79 Å². The summed E-state index contributed by atoms with van der Waals surface area (Å²) in [5.74, 6) is 0. The fourth-order valence-corrected chi connectivity index (χ4v) is 0.164. The summed E-state index contributed by atoms with van der Waals surface area (Å²) in [7, 11) is 6.31. The molecular formula is C4H7ClOS.